The van der Waals surface area contributed by atoms with Gasteiger partial charge in [-0.1, -0.05) is 12.5 Å². The first-order chi connectivity index (χ1) is 11.2. The van der Waals surface area contributed by atoms with E-state index >= 15 is 0 Å². The van der Waals surface area contributed by atoms with Crippen LogP contribution >= 0.6 is 0 Å². The molecule has 2 fully saturated rings. The average molecular weight is 320 g/mol. The molecule has 5 heteroatoms. The molecular weight excluding hydrogens is 295 g/mol. The number of aliphatic hydroxyl groups excluding tert-OH is 1. The van der Waals surface area contributed by atoms with Crippen molar-refractivity contribution in [2.45, 2.75) is 19.3 Å². The van der Waals surface area contributed by atoms with Crippen LogP contribution in [0.2, 0.25) is 0 Å². The van der Waals surface area contributed by atoms with Crippen LogP contribution in [-0.2, 0) is 0 Å². The monoisotopic (exact) mass is 320 g/mol. The lowest BCUT2D eigenvalue weighted by Gasteiger charge is -2.30. The largest absolute Gasteiger partial charge is 0.396 e. The summed E-state index contributed by atoms with van der Waals surface area (Å²) in [6.07, 6.45) is 3.78. The predicted octanol–water partition coefficient (Wildman–Crippen LogP) is 1.99. The standard InChI is InChI=1S/C18H25FN2O2/c19-17-6-4-5-14(9-17)18(23)21-11-15(16(12-21)13-22)10-20-7-2-1-3-8-20/h4-6,9,15-16,22H,1-3,7-8,10-13H2/t15-,16-/m0/s1. The molecule has 1 aromatic carbocycles. The van der Waals surface area contributed by atoms with Gasteiger partial charge in [0.2, 0.25) is 0 Å². The number of carbonyl (C=O) groups is 1. The van der Waals surface area contributed by atoms with Gasteiger partial charge in [0.1, 0.15) is 5.82 Å². The zero-order chi connectivity index (χ0) is 16.2. The maximum Gasteiger partial charge on any atom is 0.253 e. The minimum atomic E-state index is -0.390. The third kappa shape index (κ3) is 3.90. The van der Waals surface area contributed by atoms with Crippen molar-refractivity contribution in [3.8, 4) is 0 Å². The fourth-order valence-electron chi connectivity index (χ4n) is 3.80. The summed E-state index contributed by atoms with van der Waals surface area (Å²) in [5, 5.41) is 9.66. The number of benzene rings is 1. The van der Waals surface area contributed by atoms with Gasteiger partial charge in [0.15, 0.2) is 0 Å². The molecule has 2 heterocycles. The Morgan fingerprint density at radius 2 is 1.91 bits per heavy atom. The summed E-state index contributed by atoms with van der Waals surface area (Å²) in [6, 6.07) is 5.84. The number of nitrogens with zero attached hydrogens (tertiary/aromatic N) is 2. The van der Waals surface area contributed by atoms with Gasteiger partial charge in [-0.05, 0) is 50.0 Å². The van der Waals surface area contributed by atoms with Crippen molar-refractivity contribution >= 4 is 5.91 Å². The highest BCUT2D eigenvalue weighted by molar-refractivity contribution is 5.94. The van der Waals surface area contributed by atoms with E-state index in [2.05, 4.69) is 4.90 Å². The molecule has 0 unspecified atom stereocenters. The number of piperidine rings is 1. The lowest BCUT2D eigenvalue weighted by atomic mass is 9.95. The molecule has 2 aliphatic rings. The number of carbonyl (C=O) groups excluding carboxylic acids is 1. The van der Waals surface area contributed by atoms with Gasteiger partial charge < -0.3 is 14.9 Å². The molecule has 0 spiro atoms. The van der Waals surface area contributed by atoms with E-state index in [0.717, 1.165) is 19.6 Å². The van der Waals surface area contributed by atoms with Crippen LogP contribution in [0.25, 0.3) is 0 Å². The third-order valence-electron chi connectivity index (χ3n) is 5.11. The zero-order valence-corrected chi connectivity index (χ0v) is 13.5. The second-order valence-corrected chi connectivity index (χ2v) is 6.78. The summed E-state index contributed by atoms with van der Waals surface area (Å²) in [5.74, 6) is -0.104. The first kappa shape index (κ1) is 16.4. The highest BCUT2D eigenvalue weighted by Crippen LogP contribution is 2.26. The molecule has 0 aliphatic carbocycles. The van der Waals surface area contributed by atoms with E-state index in [-0.39, 0.29) is 18.4 Å². The number of rotatable bonds is 4. The van der Waals surface area contributed by atoms with Crippen LogP contribution in [0, 0.1) is 17.7 Å². The van der Waals surface area contributed by atoms with Gasteiger partial charge in [-0.15, -0.1) is 0 Å². The molecule has 1 amide bonds. The Hall–Kier alpha value is -1.46. The Kier molecular flexibility index (Phi) is 5.28. The number of aliphatic hydroxyl groups is 1. The van der Waals surface area contributed by atoms with E-state index < -0.39 is 5.82 Å². The Morgan fingerprint density at radius 1 is 1.17 bits per heavy atom. The fourth-order valence-corrected chi connectivity index (χ4v) is 3.80. The zero-order valence-electron chi connectivity index (χ0n) is 13.5. The summed E-state index contributed by atoms with van der Waals surface area (Å²) in [4.78, 5) is 16.8. The van der Waals surface area contributed by atoms with Crippen molar-refractivity contribution in [2.75, 3.05) is 39.3 Å². The number of halogens is 1. The van der Waals surface area contributed by atoms with Gasteiger partial charge in [0.05, 0.1) is 0 Å². The van der Waals surface area contributed by atoms with Crippen molar-refractivity contribution < 1.29 is 14.3 Å². The van der Waals surface area contributed by atoms with Crippen LogP contribution in [0.1, 0.15) is 29.6 Å². The summed E-state index contributed by atoms with van der Waals surface area (Å²) < 4.78 is 13.3. The molecule has 0 saturated carbocycles. The molecule has 23 heavy (non-hydrogen) atoms. The topological polar surface area (TPSA) is 43.8 Å². The highest BCUT2D eigenvalue weighted by Gasteiger charge is 2.36. The van der Waals surface area contributed by atoms with Gasteiger partial charge in [0, 0.05) is 37.7 Å². The molecular formula is C18H25FN2O2. The molecule has 2 atom stereocenters. The Morgan fingerprint density at radius 3 is 2.61 bits per heavy atom. The van der Waals surface area contributed by atoms with Crippen molar-refractivity contribution in [3.63, 3.8) is 0 Å². The SMILES string of the molecule is O=C(c1cccc(F)c1)N1C[C@@H](CO)[C@@H](CN2CCCCC2)C1. The van der Waals surface area contributed by atoms with Crippen LogP contribution in [-0.4, -0.2) is 60.1 Å². The first-order valence-corrected chi connectivity index (χ1v) is 8.55. The normalized spacial score (nSPS) is 25.7. The number of hydrogen-bond donors (Lipinski definition) is 1. The van der Waals surface area contributed by atoms with Crippen LogP contribution in [0.5, 0.6) is 0 Å². The summed E-state index contributed by atoms with van der Waals surface area (Å²) in [5.41, 5.74) is 0.389. The van der Waals surface area contributed by atoms with Crippen molar-refractivity contribution in [1.82, 2.24) is 9.80 Å². The van der Waals surface area contributed by atoms with Crippen LogP contribution in [0.4, 0.5) is 4.39 Å². The van der Waals surface area contributed by atoms with Crippen molar-refractivity contribution in [1.29, 1.82) is 0 Å². The van der Waals surface area contributed by atoms with Crippen LogP contribution < -0.4 is 0 Å². The molecule has 0 aromatic heterocycles. The summed E-state index contributed by atoms with van der Waals surface area (Å²) >= 11 is 0. The molecule has 1 aromatic rings. The van der Waals surface area contributed by atoms with Gasteiger partial charge >= 0.3 is 0 Å². The Balaban J connectivity index is 1.64. The third-order valence-corrected chi connectivity index (χ3v) is 5.11. The highest BCUT2D eigenvalue weighted by atomic mass is 19.1. The molecule has 3 rings (SSSR count). The fraction of sp³-hybridized carbons (Fsp3) is 0.611. The molecule has 0 radical (unpaired) electrons. The van der Waals surface area contributed by atoms with Crippen molar-refractivity contribution in [3.05, 3.63) is 35.6 Å². The first-order valence-electron chi connectivity index (χ1n) is 8.55. The van der Waals surface area contributed by atoms with E-state index in [9.17, 15) is 14.3 Å². The maximum absolute atomic E-state index is 13.3. The minimum absolute atomic E-state index is 0.103. The second kappa shape index (κ2) is 7.41. The second-order valence-electron chi connectivity index (χ2n) is 6.78. The Labute approximate surface area is 136 Å². The number of hydrogen-bond acceptors (Lipinski definition) is 3. The summed E-state index contributed by atoms with van der Waals surface area (Å²) in [7, 11) is 0. The molecule has 1 N–H and O–H groups in total. The number of amides is 1. The quantitative estimate of drug-likeness (QED) is 0.923. The maximum atomic E-state index is 13.3. The molecule has 0 bridgehead atoms. The smallest absolute Gasteiger partial charge is 0.253 e. The van der Waals surface area contributed by atoms with Gasteiger partial charge in [-0.3, -0.25) is 4.79 Å². The van der Waals surface area contributed by atoms with Crippen LogP contribution in [0.3, 0.4) is 0 Å². The van der Waals surface area contributed by atoms with Gasteiger partial charge in [-0.2, -0.15) is 0 Å². The lowest BCUT2D eigenvalue weighted by molar-refractivity contribution is 0.0778. The van der Waals surface area contributed by atoms with E-state index in [4.69, 9.17) is 0 Å². The minimum Gasteiger partial charge on any atom is -0.396 e. The van der Waals surface area contributed by atoms with E-state index in [1.807, 2.05) is 0 Å². The van der Waals surface area contributed by atoms with Gasteiger partial charge in [-0.25, -0.2) is 4.39 Å². The van der Waals surface area contributed by atoms with E-state index in [1.54, 1.807) is 17.0 Å². The number of likely N-dealkylation sites (tertiary alicyclic amines) is 2. The van der Waals surface area contributed by atoms with E-state index in [1.165, 1.54) is 31.4 Å². The van der Waals surface area contributed by atoms with Crippen molar-refractivity contribution in [2.24, 2.45) is 11.8 Å². The molecule has 2 saturated heterocycles. The molecule has 2 aliphatic heterocycles. The molecule has 4 nitrogen and oxygen atoms in total. The van der Waals surface area contributed by atoms with Gasteiger partial charge in [0.25, 0.3) is 5.91 Å². The molecule has 126 valence electrons. The van der Waals surface area contributed by atoms with Crippen LogP contribution in [0.15, 0.2) is 24.3 Å². The predicted molar refractivity (Wildman–Crippen MR) is 86.7 cm³/mol. The lowest BCUT2D eigenvalue weighted by Crippen LogP contribution is -2.37. The Bertz CT molecular complexity index is 546. The summed E-state index contributed by atoms with van der Waals surface area (Å²) in [6.45, 7) is 4.49. The average Bonchev–Trinajstić information content (AvgIpc) is 2.98. The van der Waals surface area contributed by atoms with E-state index in [0.29, 0.717) is 24.6 Å².